The number of halogens is 5. The first-order valence-corrected chi connectivity index (χ1v) is 9.07. The molecule has 172 valence electrons. The Bertz CT molecular complexity index is 1510. The van der Waals surface area contributed by atoms with Crippen LogP contribution in [0.4, 0.5) is 33.7 Å². The molecule has 0 atom stereocenters. The molecule has 3 aromatic rings. The fourth-order valence-electron chi connectivity index (χ4n) is 2.27. The number of urea groups is 1. The van der Waals surface area contributed by atoms with E-state index in [1.54, 1.807) is 0 Å². The van der Waals surface area contributed by atoms with Crippen LogP contribution in [0.2, 0.25) is 5.02 Å². The van der Waals surface area contributed by atoms with Crippen molar-refractivity contribution in [2.24, 2.45) is 0 Å². The van der Waals surface area contributed by atoms with Crippen molar-refractivity contribution >= 4 is 34.9 Å². The van der Waals surface area contributed by atoms with Gasteiger partial charge in [-0.25, -0.2) is 9.18 Å². The number of anilines is 2. The Morgan fingerprint density at radius 2 is 1.88 bits per heavy atom. The maximum Gasteiger partial charge on any atom is 0.417 e. The molecule has 0 saturated carbocycles. The zero-order valence-corrected chi connectivity index (χ0v) is 17.0. The highest BCUT2D eigenvalue weighted by Gasteiger charge is 2.33. The first-order valence-electron chi connectivity index (χ1n) is 11.7. The van der Waals surface area contributed by atoms with Crippen LogP contribution in [-0.2, 0) is 6.18 Å². The topological polar surface area (TPSA) is 92.3 Å². The van der Waals surface area contributed by atoms with E-state index in [4.69, 9.17) is 24.6 Å². The van der Waals surface area contributed by atoms with Crippen LogP contribution < -0.4 is 20.7 Å². The number of nitrogens with one attached hydrogen (secondary N) is 3. The molecule has 3 rings (SSSR count). The summed E-state index contributed by atoms with van der Waals surface area (Å²) in [7, 11) is 1.25. The minimum absolute atomic E-state index is 0.317. The van der Waals surface area contributed by atoms with Crippen LogP contribution in [0, 0.1) is 5.82 Å². The molecule has 0 aliphatic carbocycles. The Balaban J connectivity index is 1.87. The fourth-order valence-corrected chi connectivity index (χ4v) is 2.47. The monoisotopic (exact) mass is 488 g/mol. The number of aromatic nitrogens is 1. The minimum Gasteiger partial charge on any atom is -0.457 e. The summed E-state index contributed by atoms with van der Waals surface area (Å²) in [6, 6.07) is -3.38. The number of carbonyl (C=O) groups excluding carboxylic acids is 2. The quantitative estimate of drug-likeness (QED) is 0.402. The van der Waals surface area contributed by atoms with Crippen molar-refractivity contribution < 1.29 is 40.1 Å². The van der Waals surface area contributed by atoms with E-state index in [0.717, 1.165) is 12.1 Å². The molecule has 0 fully saturated rings. The van der Waals surface area contributed by atoms with Gasteiger partial charge in [-0.3, -0.25) is 9.78 Å². The van der Waals surface area contributed by atoms with Crippen molar-refractivity contribution in [1.29, 1.82) is 0 Å². The number of carbonyl (C=O) groups is 2. The van der Waals surface area contributed by atoms with Crippen molar-refractivity contribution in [3.05, 3.63) is 76.7 Å². The summed E-state index contributed by atoms with van der Waals surface area (Å²) >= 11 is 5.49. The number of nitrogens with zero attached hydrogens (tertiary/aromatic N) is 1. The average Bonchev–Trinajstić information content (AvgIpc) is 2.85. The number of hydrogen-bond donors (Lipinski definition) is 3. The van der Waals surface area contributed by atoms with Gasteiger partial charge in [0.05, 0.1) is 24.5 Å². The van der Waals surface area contributed by atoms with Gasteiger partial charge in [-0.05, 0) is 36.3 Å². The van der Waals surface area contributed by atoms with Crippen LogP contribution >= 0.6 is 11.6 Å². The summed E-state index contributed by atoms with van der Waals surface area (Å²) in [5, 5.41) is 4.81. The molecule has 33 heavy (non-hydrogen) atoms. The van der Waals surface area contributed by atoms with E-state index in [1.165, 1.54) is 7.05 Å². The highest BCUT2D eigenvalue weighted by Crippen LogP contribution is 2.36. The molecule has 0 aliphatic heterocycles. The number of benzene rings is 2. The zero-order valence-electron chi connectivity index (χ0n) is 22.3. The third-order valence-electron chi connectivity index (χ3n) is 3.71. The number of rotatable bonds is 5. The summed E-state index contributed by atoms with van der Waals surface area (Å²) in [5.74, 6) is -2.88. The van der Waals surface area contributed by atoms with Gasteiger partial charge in [-0.2, -0.15) is 13.2 Å². The van der Waals surface area contributed by atoms with Gasteiger partial charge < -0.3 is 20.7 Å². The average molecular weight is 489 g/mol. The fraction of sp³-hybridized carbons (Fsp3) is 0.0952. The van der Waals surface area contributed by atoms with Crippen LogP contribution in [-0.4, -0.2) is 24.0 Å². The van der Waals surface area contributed by atoms with Crippen LogP contribution in [0.3, 0.4) is 0 Å². The zero-order chi connectivity index (χ0) is 29.4. The van der Waals surface area contributed by atoms with Crippen molar-refractivity contribution in [2.45, 2.75) is 6.18 Å². The molecular weight excluding hydrogens is 468 g/mol. The van der Waals surface area contributed by atoms with Gasteiger partial charge in [-0.1, -0.05) is 11.6 Å². The van der Waals surface area contributed by atoms with E-state index in [9.17, 15) is 27.2 Å². The first-order chi connectivity index (χ1) is 18.1. The Morgan fingerprint density at radius 3 is 2.55 bits per heavy atom. The lowest BCUT2D eigenvalue weighted by atomic mass is 10.2. The Hall–Kier alpha value is -3.86. The van der Waals surface area contributed by atoms with Gasteiger partial charge in [0, 0.05) is 31.0 Å². The SMILES string of the molecule is [2H]c1nc(C(=O)NC)c([2H])c(Oc2ccc(NC(=O)Nc3c([2H])c([2H])c(Cl)c(C(F)(F)F)c3[2H])c(F)c2)c1[2H]. The Morgan fingerprint density at radius 1 is 1.12 bits per heavy atom. The molecule has 1 aromatic heterocycles. The normalized spacial score (nSPS) is 13.5. The molecule has 0 saturated heterocycles. The predicted octanol–water partition coefficient (Wildman–Crippen LogP) is 5.69. The molecular formula is C21H15ClF4N4O3. The highest BCUT2D eigenvalue weighted by atomic mass is 35.5. The second kappa shape index (κ2) is 9.74. The molecule has 0 aliphatic rings. The van der Waals surface area contributed by atoms with Crippen LogP contribution in [0.15, 0.2) is 54.6 Å². The van der Waals surface area contributed by atoms with Crippen LogP contribution in [0.5, 0.6) is 11.5 Å². The summed E-state index contributed by atoms with van der Waals surface area (Å²) in [4.78, 5) is 27.8. The third kappa shape index (κ3) is 6.10. The summed E-state index contributed by atoms with van der Waals surface area (Å²) in [6.45, 7) is 0. The van der Waals surface area contributed by atoms with E-state index >= 15 is 0 Å². The highest BCUT2D eigenvalue weighted by molar-refractivity contribution is 6.31. The number of ether oxygens (including phenoxy) is 1. The maximum absolute atomic E-state index is 14.7. The molecule has 0 radical (unpaired) electrons. The summed E-state index contributed by atoms with van der Waals surface area (Å²) < 4.78 is 107. The predicted molar refractivity (Wildman–Crippen MR) is 113 cm³/mol. The standard InChI is InChI=1S/C21H15ClF4N4O3/c1-27-19(31)18-10-13(6-7-28-18)33-12-3-5-17(16(23)9-12)30-20(32)29-11-2-4-15(22)14(8-11)21(24,25)26/h2-10H,1H3,(H,27,31)(H2,29,30,32)/i2D,4D,6D,7D,8D,10D. The van der Waals surface area contributed by atoms with Gasteiger partial charge >= 0.3 is 12.2 Å². The number of pyridine rings is 1. The Kier molecular flexibility index (Phi) is 4.94. The lowest BCUT2D eigenvalue weighted by molar-refractivity contribution is -0.137. The van der Waals surface area contributed by atoms with Crippen molar-refractivity contribution in [3.63, 3.8) is 0 Å². The lowest BCUT2D eigenvalue weighted by Gasteiger charge is -2.13. The van der Waals surface area contributed by atoms with E-state index in [2.05, 4.69) is 10.3 Å². The molecule has 1 heterocycles. The first kappa shape index (κ1) is 16.7. The Labute approximate surface area is 198 Å². The van der Waals surface area contributed by atoms with Gasteiger partial charge in [0.25, 0.3) is 5.91 Å². The van der Waals surface area contributed by atoms with E-state index < -0.39 is 93.7 Å². The van der Waals surface area contributed by atoms with Crippen LogP contribution in [0.25, 0.3) is 0 Å². The van der Waals surface area contributed by atoms with Crippen molar-refractivity contribution in [1.82, 2.24) is 10.3 Å². The second-order valence-electron chi connectivity index (χ2n) is 5.99. The second-order valence-corrected chi connectivity index (χ2v) is 6.37. The van der Waals surface area contributed by atoms with E-state index in [-0.39, 0.29) is 5.75 Å². The number of hydrogen-bond acceptors (Lipinski definition) is 4. The van der Waals surface area contributed by atoms with Crippen molar-refractivity contribution in [2.75, 3.05) is 17.7 Å². The van der Waals surface area contributed by atoms with E-state index in [0.29, 0.717) is 6.07 Å². The van der Waals surface area contributed by atoms with Crippen molar-refractivity contribution in [3.8, 4) is 11.5 Å². The van der Waals surface area contributed by atoms with Gasteiger partial charge in [0.1, 0.15) is 23.0 Å². The molecule has 2 aromatic carbocycles. The molecule has 0 bridgehead atoms. The van der Waals surface area contributed by atoms with Gasteiger partial charge in [0.2, 0.25) is 0 Å². The minimum atomic E-state index is -5.17. The summed E-state index contributed by atoms with van der Waals surface area (Å²) in [5.41, 5.74) is -3.77. The largest absolute Gasteiger partial charge is 0.457 e. The molecule has 0 spiro atoms. The van der Waals surface area contributed by atoms with Crippen LogP contribution in [0.1, 0.15) is 24.3 Å². The maximum atomic E-state index is 14.7. The van der Waals surface area contributed by atoms with E-state index in [1.807, 2.05) is 10.6 Å². The number of amides is 3. The smallest absolute Gasteiger partial charge is 0.417 e. The molecule has 7 nitrogen and oxygen atoms in total. The lowest BCUT2D eigenvalue weighted by Crippen LogP contribution is -2.20. The molecule has 3 amide bonds. The third-order valence-corrected chi connectivity index (χ3v) is 3.99. The van der Waals surface area contributed by atoms with Gasteiger partial charge in [0.15, 0.2) is 0 Å². The molecule has 3 N–H and O–H groups in total. The van der Waals surface area contributed by atoms with Gasteiger partial charge in [-0.15, -0.1) is 0 Å². The molecule has 0 unspecified atom stereocenters. The molecule has 12 heteroatoms. The number of alkyl halides is 3. The summed E-state index contributed by atoms with van der Waals surface area (Å²) in [6.07, 6.45) is -5.86.